The minimum Gasteiger partial charge on any atom is -0.408 e. The summed E-state index contributed by atoms with van der Waals surface area (Å²) in [5.74, 6) is -0.366. The topological polar surface area (TPSA) is 46.0 Å². The lowest BCUT2D eigenvalue weighted by Crippen LogP contribution is -2.07. The number of hydrogen-bond donors (Lipinski definition) is 1. The van der Waals surface area contributed by atoms with E-state index in [9.17, 15) is 4.79 Å². The van der Waals surface area contributed by atoms with E-state index in [1.165, 1.54) is 11.1 Å². The molecule has 60 valence electrons. The average Bonchev–Trinajstić information content (AvgIpc) is 2.34. The summed E-state index contributed by atoms with van der Waals surface area (Å²) in [7, 11) is 0. The van der Waals surface area contributed by atoms with E-state index < -0.39 is 0 Å². The van der Waals surface area contributed by atoms with Gasteiger partial charge in [-0.3, -0.25) is 4.98 Å². The normalized spacial score (nSPS) is 14.3. The number of nitrogens with one attached hydrogen (secondary N) is 1. The molecule has 12 heavy (non-hydrogen) atoms. The Hall–Kier alpha value is -1.51. The van der Waals surface area contributed by atoms with Crippen LogP contribution in [0.25, 0.3) is 11.1 Å². The predicted octanol–water partition coefficient (Wildman–Crippen LogP) is 1.22. The van der Waals surface area contributed by atoms with E-state index in [2.05, 4.69) is 4.98 Å². The molecule has 1 N–H and O–H groups in total. The van der Waals surface area contributed by atoms with Crippen LogP contribution in [-0.4, -0.2) is 4.98 Å². The van der Waals surface area contributed by atoms with Gasteiger partial charge in [-0.05, 0) is 36.1 Å². The number of aromatic amines is 1. The Bertz CT molecular complexity index is 463. The highest BCUT2D eigenvalue weighted by atomic mass is 16.4. The number of aromatic nitrogens is 1. The fourth-order valence-corrected chi connectivity index (χ4v) is 1.64. The quantitative estimate of drug-likeness (QED) is 0.631. The first kappa shape index (κ1) is 6.06. The van der Waals surface area contributed by atoms with Crippen LogP contribution in [0.15, 0.2) is 21.3 Å². The summed E-state index contributed by atoms with van der Waals surface area (Å²) in [6, 6.07) is 3.95. The number of rotatable bonds is 0. The molecule has 0 spiro atoms. The number of aryl methyl sites for hydroxylation is 2. The fourth-order valence-electron chi connectivity index (χ4n) is 1.64. The minimum absolute atomic E-state index is 0.366. The molecule has 0 fully saturated rings. The lowest BCUT2D eigenvalue weighted by atomic mass is 9.88. The van der Waals surface area contributed by atoms with Crippen LogP contribution in [0.2, 0.25) is 0 Å². The van der Waals surface area contributed by atoms with Gasteiger partial charge in [-0.2, -0.15) is 0 Å². The lowest BCUT2D eigenvalue weighted by molar-refractivity contribution is 0.554. The molecular weight excluding hydrogens is 154 g/mol. The maximum atomic E-state index is 10.8. The van der Waals surface area contributed by atoms with Crippen LogP contribution in [0.1, 0.15) is 11.1 Å². The van der Waals surface area contributed by atoms with Crippen molar-refractivity contribution in [2.75, 3.05) is 0 Å². The summed E-state index contributed by atoms with van der Waals surface area (Å²) in [4.78, 5) is 13.4. The summed E-state index contributed by atoms with van der Waals surface area (Å²) in [5.41, 5.74) is 4.14. The predicted molar refractivity (Wildman–Crippen MR) is 44.2 cm³/mol. The fraction of sp³-hybridized carbons (Fsp3) is 0.222. The van der Waals surface area contributed by atoms with Crippen molar-refractivity contribution in [3.05, 3.63) is 33.8 Å². The number of hydrogen-bond acceptors (Lipinski definition) is 2. The van der Waals surface area contributed by atoms with Gasteiger partial charge in [-0.1, -0.05) is 0 Å². The molecule has 1 aromatic carbocycles. The molecule has 1 heterocycles. The summed E-state index contributed by atoms with van der Waals surface area (Å²) in [6.45, 7) is 0. The summed E-state index contributed by atoms with van der Waals surface area (Å²) in [5, 5.41) is 0. The highest BCUT2D eigenvalue weighted by Crippen LogP contribution is 2.26. The number of H-pyrrole nitrogens is 1. The first-order chi connectivity index (χ1) is 5.83. The van der Waals surface area contributed by atoms with E-state index in [1.807, 2.05) is 12.1 Å². The monoisotopic (exact) mass is 161 g/mol. The molecule has 2 aromatic rings. The van der Waals surface area contributed by atoms with Crippen molar-refractivity contribution in [3.63, 3.8) is 0 Å². The van der Waals surface area contributed by atoms with Crippen molar-refractivity contribution in [3.8, 4) is 0 Å². The molecule has 0 unspecified atom stereocenters. The highest BCUT2D eigenvalue weighted by Gasteiger charge is 2.15. The van der Waals surface area contributed by atoms with Crippen LogP contribution in [0, 0.1) is 0 Å². The van der Waals surface area contributed by atoms with E-state index >= 15 is 0 Å². The van der Waals surface area contributed by atoms with E-state index in [0.717, 1.165) is 18.4 Å². The molecule has 0 bridgehead atoms. The van der Waals surface area contributed by atoms with Gasteiger partial charge in [0.1, 0.15) is 0 Å². The van der Waals surface area contributed by atoms with Gasteiger partial charge in [0.25, 0.3) is 0 Å². The zero-order valence-corrected chi connectivity index (χ0v) is 6.39. The Morgan fingerprint density at radius 2 is 2.00 bits per heavy atom. The summed E-state index contributed by atoms with van der Waals surface area (Å²) in [6.07, 6.45) is 2.23. The number of fused-ring (bicyclic) bond motifs is 2. The standard InChI is InChI=1S/C9H7NO2/c11-9-10-7-3-5-1-2-6(5)4-8(7)12-9/h3-4H,1-2H2,(H,10,11). The molecule has 1 aliphatic carbocycles. The molecule has 3 nitrogen and oxygen atoms in total. The minimum atomic E-state index is -0.366. The van der Waals surface area contributed by atoms with Crippen LogP contribution in [0.4, 0.5) is 0 Å². The van der Waals surface area contributed by atoms with Gasteiger partial charge in [0, 0.05) is 0 Å². The SMILES string of the molecule is O=c1[nH]c2cc3c(cc2o1)CC3. The average molecular weight is 161 g/mol. The Labute approximate surface area is 68.0 Å². The van der Waals surface area contributed by atoms with Crippen LogP contribution < -0.4 is 5.76 Å². The Morgan fingerprint density at radius 1 is 1.25 bits per heavy atom. The van der Waals surface area contributed by atoms with Gasteiger partial charge in [-0.25, -0.2) is 4.79 Å². The third kappa shape index (κ3) is 0.630. The molecule has 0 aliphatic heterocycles. The molecule has 0 atom stereocenters. The lowest BCUT2D eigenvalue weighted by Gasteiger charge is -2.16. The van der Waals surface area contributed by atoms with Crippen molar-refractivity contribution < 1.29 is 4.42 Å². The maximum Gasteiger partial charge on any atom is 0.417 e. The third-order valence-electron chi connectivity index (χ3n) is 2.40. The Morgan fingerprint density at radius 3 is 2.75 bits per heavy atom. The van der Waals surface area contributed by atoms with Crippen molar-refractivity contribution >= 4 is 11.1 Å². The van der Waals surface area contributed by atoms with Crippen molar-refractivity contribution in [1.29, 1.82) is 0 Å². The highest BCUT2D eigenvalue weighted by molar-refractivity contribution is 5.75. The molecular formula is C9H7NO2. The van der Waals surface area contributed by atoms with Gasteiger partial charge in [0.15, 0.2) is 5.58 Å². The first-order valence-corrected chi connectivity index (χ1v) is 3.97. The molecule has 0 saturated carbocycles. The van der Waals surface area contributed by atoms with E-state index in [0.29, 0.717) is 5.58 Å². The molecule has 3 heteroatoms. The van der Waals surface area contributed by atoms with Crippen LogP contribution in [0.3, 0.4) is 0 Å². The Kier molecular flexibility index (Phi) is 0.909. The summed E-state index contributed by atoms with van der Waals surface area (Å²) >= 11 is 0. The largest absolute Gasteiger partial charge is 0.417 e. The second-order valence-electron chi connectivity index (χ2n) is 3.13. The molecule has 1 aliphatic rings. The second kappa shape index (κ2) is 1.80. The molecule has 1 aromatic heterocycles. The van der Waals surface area contributed by atoms with Gasteiger partial charge in [-0.15, -0.1) is 0 Å². The maximum absolute atomic E-state index is 10.8. The van der Waals surface area contributed by atoms with Crippen molar-refractivity contribution in [1.82, 2.24) is 4.98 Å². The smallest absolute Gasteiger partial charge is 0.408 e. The van der Waals surface area contributed by atoms with Gasteiger partial charge >= 0.3 is 5.76 Å². The molecule has 0 saturated heterocycles. The van der Waals surface area contributed by atoms with E-state index in [-0.39, 0.29) is 5.76 Å². The third-order valence-corrected chi connectivity index (χ3v) is 2.40. The van der Waals surface area contributed by atoms with Crippen molar-refractivity contribution in [2.45, 2.75) is 12.8 Å². The number of benzene rings is 1. The van der Waals surface area contributed by atoms with Gasteiger partial charge in [0.2, 0.25) is 0 Å². The van der Waals surface area contributed by atoms with Crippen LogP contribution >= 0.6 is 0 Å². The van der Waals surface area contributed by atoms with Crippen LogP contribution in [0.5, 0.6) is 0 Å². The zero-order valence-electron chi connectivity index (χ0n) is 6.39. The molecule has 0 amide bonds. The second-order valence-corrected chi connectivity index (χ2v) is 3.13. The zero-order chi connectivity index (χ0) is 8.13. The number of oxazole rings is 1. The molecule has 0 radical (unpaired) electrons. The van der Waals surface area contributed by atoms with Crippen LogP contribution in [-0.2, 0) is 12.8 Å². The van der Waals surface area contributed by atoms with E-state index in [4.69, 9.17) is 4.42 Å². The Balaban J connectivity index is 2.49. The van der Waals surface area contributed by atoms with E-state index in [1.54, 1.807) is 0 Å². The molecule has 3 rings (SSSR count). The van der Waals surface area contributed by atoms with Crippen molar-refractivity contribution in [2.24, 2.45) is 0 Å². The summed E-state index contributed by atoms with van der Waals surface area (Å²) < 4.78 is 4.93. The van der Waals surface area contributed by atoms with Gasteiger partial charge in [0.05, 0.1) is 5.52 Å². The van der Waals surface area contributed by atoms with Gasteiger partial charge < -0.3 is 4.42 Å². The first-order valence-electron chi connectivity index (χ1n) is 3.97.